The highest BCUT2D eigenvalue weighted by Crippen LogP contribution is 2.27. The quantitative estimate of drug-likeness (QED) is 0.822. The molecule has 1 aromatic rings. The highest BCUT2D eigenvalue weighted by molar-refractivity contribution is 5.96. The fourth-order valence-corrected chi connectivity index (χ4v) is 2.80. The first-order valence-corrected chi connectivity index (χ1v) is 7.18. The minimum absolute atomic E-state index is 0.173. The molecule has 1 aliphatic carbocycles. The fraction of sp³-hybridized carbons (Fsp3) is 0.533. The number of amides is 1. The smallest absolute Gasteiger partial charge is 0.329 e. The van der Waals surface area contributed by atoms with Crippen LogP contribution in [-0.4, -0.2) is 27.1 Å². The van der Waals surface area contributed by atoms with E-state index in [0.717, 1.165) is 25.7 Å². The molecule has 0 spiro atoms. The summed E-state index contributed by atoms with van der Waals surface area (Å²) in [6.45, 7) is 0. The maximum absolute atomic E-state index is 12.4. The van der Waals surface area contributed by atoms with Crippen molar-refractivity contribution < 1.29 is 14.7 Å². The van der Waals surface area contributed by atoms with Crippen molar-refractivity contribution in [3.8, 4) is 0 Å². The van der Waals surface area contributed by atoms with Crippen LogP contribution in [0.3, 0.4) is 0 Å². The van der Waals surface area contributed by atoms with Gasteiger partial charge in [-0.05, 0) is 18.9 Å². The van der Waals surface area contributed by atoms with Gasteiger partial charge in [-0.15, -0.1) is 0 Å². The van der Waals surface area contributed by atoms with E-state index in [-0.39, 0.29) is 11.3 Å². The van der Waals surface area contributed by atoms with Gasteiger partial charge in [0, 0.05) is 13.1 Å². The van der Waals surface area contributed by atoms with Crippen LogP contribution >= 0.6 is 0 Å². The van der Waals surface area contributed by atoms with E-state index < -0.39 is 17.4 Å². The molecular weight excluding hydrogens is 272 g/mol. The molecule has 114 valence electrons. The van der Waals surface area contributed by atoms with Crippen LogP contribution in [0.25, 0.3) is 0 Å². The molecule has 1 amide bonds. The Hall–Kier alpha value is -2.11. The molecule has 6 heteroatoms. The Bertz CT molecular complexity index is 598. The number of nitrogens with zero attached hydrogens (tertiary/aromatic N) is 1. The van der Waals surface area contributed by atoms with E-state index in [1.165, 1.54) is 29.8 Å². The van der Waals surface area contributed by atoms with Crippen molar-refractivity contribution in [3.05, 3.63) is 34.2 Å². The Morgan fingerprint density at radius 3 is 2.38 bits per heavy atom. The molecular formula is C15H20N2O4. The van der Waals surface area contributed by atoms with Crippen LogP contribution in [0, 0.1) is 0 Å². The van der Waals surface area contributed by atoms with Gasteiger partial charge in [0.2, 0.25) is 0 Å². The molecule has 0 radical (unpaired) electrons. The summed E-state index contributed by atoms with van der Waals surface area (Å²) in [5, 5.41) is 12.2. The van der Waals surface area contributed by atoms with Crippen LogP contribution < -0.4 is 10.9 Å². The second-order valence-corrected chi connectivity index (χ2v) is 5.56. The van der Waals surface area contributed by atoms with Crippen LogP contribution in [0.4, 0.5) is 0 Å². The number of carboxylic acids is 1. The summed E-state index contributed by atoms with van der Waals surface area (Å²) >= 11 is 0. The zero-order valence-electron chi connectivity index (χ0n) is 12.1. The van der Waals surface area contributed by atoms with Gasteiger partial charge in [-0.1, -0.05) is 31.7 Å². The summed E-state index contributed by atoms with van der Waals surface area (Å²) in [6.07, 6.45) is 4.37. The predicted octanol–water partition coefficient (Wildman–Crippen LogP) is 1.29. The van der Waals surface area contributed by atoms with Crippen LogP contribution in [0.15, 0.2) is 23.0 Å². The van der Waals surface area contributed by atoms with E-state index in [1.807, 2.05) is 0 Å². The number of carbonyl (C=O) groups is 2. The fourth-order valence-electron chi connectivity index (χ4n) is 2.80. The first-order chi connectivity index (χ1) is 9.96. The maximum Gasteiger partial charge on any atom is 0.329 e. The summed E-state index contributed by atoms with van der Waals surface area (Å²) in [4.78, 5) is 35.6. The number of pyridine rings is 1. The van der Waals surface area contributed by atoms with Crippen molar-refractivity contribution in [1.29, 1.82) is 0 Å². The molecule has 2 N–H and O–H groups in total. The SMILES string of the molecule is Cn1c(C(=O)NC2(C(=O)O)CCCCCC2)cccc1=O. The molecule has 6 nitrogen and oxygen atoms in total. The first-order valence-electron chi connectivity index (χ1n) is 7.18. The summed E-state index contributed by atoms with van der Waals surface area (Å²) < 4.78 is 1.22. The van der Waals surface area contributed by atoms with Gasteiger partial charge >= 0.3 is 5.97 Å². The Kier molecular flexibility index (Phi) is 4.45. The summed E-state index contributed by atoms with van der Waals surface area (Å²) in [6, 6.07) is 4.37. The van der Waals surface area contributed by atoms with Gasteiger partial charge in [0.05, 0.1) is 0 Å². The van der Waals surface area contributed by atoms with Crippen molar-refractivity contribution in [2.24, 2.45) is 7.05 Å². The zero-order chi connectivity index (χ0) is 15.5. The molecule has 1 aromatic heterocycles. The number of rotatable bonds is 3. The van der Waals surface area contributed by atoms with E-state index in [9.17, 15) is 19.5 Å². The largest absolute Gasteiger partial charge is 0.480 e. The Morgan fingerprint density at radius 1 is 1.19 bits per heavy atom. The van der Waals surface area contributed by atoms with Crippen molar-refractivity contribution in [3.63, 3.8) is 0 Å². The van der Waals surface area contributed by atoms with Crippen molar-refractivity contribution in [2.75, 3.05) is 0 Å². The van der Waals surface area contributed by atoms with Crippen LogP contribution in [-0.2, 0) is 11.8 Å². The molecule has 1 heterocycles. The molecule has 1 saturated carbocycles. The number of carboxylic acid groups (broad SMARTS) is 1. The van der Waals surface area contributed by atoms with Gasteiger partial charge in [-0.25, -0.2) is 4.79 Å². The summed E-state index contributed by atoms with van der Waals surface area (Å²) in [5.74, 6) is -1.52. The van der Waals surface area contributed by atoms with Gasteiger partial charge in [0.25, 0.3) is 11.5 Å². The summed E-state index contributed by atoms with van der Waals surface area (Å²) in [5.41, 5.74) is -1.35. The molecule has 0 bridgehead atoms. The number of hydrogen-bond acceptors (Lipinski definition) is 3. The zero-order valence-corrected chi connectivity index (χ0v) is 12.1. The van der Waals surface area contributed by atoms with E-state index in [0.29, 0.717) is 12.8 Å². The number of carbonyl (C=O) groups excluding carboxylic acids is 1. The predicted molar refractivity (Wildman–Crippen MR) is 77.2 cm³/mol. The minimum Gasteiger partial charge on any atom is -0.480 e. The third-order valence-electron chi connectivity index (χ3n) is 4.14. The van der Waals surface area contributed by atoms with E-state index in [1.54, 1.807) is 0 Å². The van der Waals surface area contributed by atoms with Gasteiger partial charge in [-0.2, -0.15) is 0 Å². The topological polar surface area (TPSA) is 88.4 Å². The number of hydrogen-bond donors (Lipinski definition) is 2. The van der Waals surface area contributed by atoms with Crippen molar-refractivity contribution in [1.82, 2.24) is 9.88 Å². The lowest BCUT2D eigenvalue weighted by Crippen LogP contribution is -2.54. The molecule has 2 rings (SSSR count). The van der Waals surface area contributed by atoms with Gasteiger partial charge < -0.3 is 15.0 Å². The molecule has 0 aliphatic heterocycles. The molecule has 1 aliphatic rings. The van der Waals surface area contributed by atoms with Crippen LogP contribution in [0.2, 0.25) is 0 Å². The third-order valence-corrected chi connectivity index (χ3v) is 4.14. The number of aliphatic carboxylic acids is 1. The molecule has 0 saturated heterocycles. The first kappa shape index (κ1) is 15.3. The molecule has 21 heavy (non-hydrogen) atoms. The Labute approximate surface area is 122 Å². The van der Waals surface area contributed by atoms with Gasteiger partial charge in [-0.3, -0.25) is 9.59 Å². The maximum atomic E-state index is 12.4. The van der Waals surface area contributed by atoms with E-state index >= 15 is 0 Å². The van der Waals surface area contributed by atoms with Gasteiger partial charge in [0.1, 0.15) is 11.2 Å². The Morgan fingerprint density at radius 2 is 1.81 bits per heavy atom. The van der Waals surface area contributed by atoms with E-state index in [2.05, 4.69) is 5.32 Å². The average Bonchev–Trinajstić information content (AvgIpc) is 2.68. The highest BCUT2D eigenvalue weighted by Gasteiger charge is 2.40. The summed E-state index contributed by atoms with van der Waals surface area (Å²) in [7, 11) is 1.50. The molecule has 0 aromatic carbocycles. The lowest BCUT2D eigenvalue weighted by Gasteiger charge is -2.29. The Balaban J connectivity index is 2.28. The second kappa shape index (κ2) is 6.11. The third kappa shape index (κ3) is 3.15. The molecule has 1 fully saturated rings. The van der Waals surface area contributed by atoms with E-state index in [4.69, 9.17) is 0 Å². The van der Waals surface area contributed by atoms with Crippen molar-refractivity contribution >= 4 is 11.9 Å². The normalized spacial score (nSPS) is 17.8. The van der Waals surface area contributed by atoms with Gasteiger partial charge in [0.15, 0.2) is 0 Å². The standard InChI is InChI=1S/C15H20N2O4/c1-17-11(7-6-8-12(17)18)13(19)16-15(14(20)21)9-4-2-3-5-10-15/h6-8H,2-5,9-10H2,1H3,(H,16,19)(H,20,21). The minimum atomic E-state index is -1.22. The monoisotopic (exact) mass is 292 g/mol. The lowest BCUT2D eigenvalue weighted by atomic mass is 9.90. The second-order valence-electron chi connectivity index (χ2n) is 5.56. The average molecular weight is 292 g/mol. The number of aromatic nitrogens is 1. The highest BCUT2D eigenvalue weighted by atomic mass is 16.4. The molecule has 0 unspecified atom stereocenters. The molecule has 0 atom stereocenters. The van der Waals surface area contributed by atoms with Crippen molar-refractivity contribution in [2.45, 2.75) is 44.1 Å². The van der Waals surface area contributed by atoms with Crippen LogP contribution in [0.5, 0.6) is 0 Å². The lowest BCUT2D eigenvalue weighted by molar-refractivity contribution is -0.145. The number of nitrogens with one attached hydrogen (secondary N) is 1. The van der Waals surface area contributed by atoms with Crippen LogP contribution in [0.1, 0.15) is 49.0 Å².